The lowest BCUT2D eigenvalue weighted by Crippen LogP contribution is -2.26. The van der Waals surface area contributed by atoms with Crippen molar-refractivity contribution < 1.29 is 22.7 Å². The molecule has 0 bridgehead atoms. The van der Waals surface area contributed by atoms with E-state index >= 15 is 0 Å². The second kappa shape index (κ2) is 9.55. The largest absolute Gasteiger partial charge is 0.421 e. The van der Waals surface area contributed by atoms with Crippen LogP contribution in [0, 0.1) is 0 Å². The molecule has 7 nitrogen and oxygen atoms in total. The smallest absolute Gasteiger partial charge is 0.381 e. The Balaban J connectivity index is 1.41. The molecular weight excluding hydrogens is 447 g/mol. The molecule has 2 fully saturated rings. The third-order valence-corrected chi connectivity index (χ3v) is 6.09. The van der Waals surface area contributed by atoms with Gasteiger partial charge in [-0.05, 0) is 36.0 Å². The molecule has 5 rings (SSSR count). The first-order chi connectivity index (χ1) is 16.5. The van der Waals surface area contributed by atoms with Crippen LogP contribution in [0.1, 0.15) is 47.9 Å². The molecule has 1 N–H and O–H groups in total. The van der Waals surface area contributed by atoms with Crippen LogP contribution in [0.5, 0.6) is 0 Å². The number of hydroxylamine groups is 1. The zero-order valence-corrected chi connectivity index (χ0v) is 18.3. The van der Waals surface area contributed by atoms with Gasteiger partial charge in [0.2, 0.25) is 5.95 Å². The van der Waals surface area contributed by atoms with E-state index in [2.05, 4.69) is 20.3 Å². The van der Waals surface area contributed by atoms with Crippen LogP contribution in [0.4, 0.5) is 30.8 Å². The maximum atomic E-state index is 13.8. The van der Waals surface area contributed by atoms with Crippen molar-refractivity contribution in [3.8, 4) is 0 Å². The molecule has 2 saturated heterocycles. The first-order valence-corrected chi connectivity index (χ1v) is 11.2. The lowest BCUT2D eigenvalue weighted by atomic mass is 9.93. The standard InChI is InChI=1S/C24H24F3N5O2/c25-24(26,27)19-15-29-23(30-21-7-6-18(14-28-21)16-8-11-33-12-9-16)31-22(19)32-20(10-13-34-32)17-4-2-1-3-5-17/h1-7,14-16,20H,8-13H2,(H,28,29,30,31)/t20-/m0/s1. The fraction of sp³-hybridized carbons (Fsp3) is 0.375. The van der Waals surface area contributed by atoms with Gasteiger partial charge in [0.25, 0.3) is 0 Å². The Labute approximate surface area is 194 Å². The Bertz CT molecular complexity index is 1110. The highest BCUT2D eigenvalue weighted by atomic mass is 19.4. The van der Waals surface area contributed by atoms with Gasteiger partial charge < -0.3 is 10.1 Å². The molecule has 4 heterocycles. The highest BCUT2D eigenvalue weighted by Crippen LogP contribution is 2.41. The summed E-state index contributed by atoms with van der Waals surface area (Å²) in [6.45, 7) is 1.75. The summed E-state index contributed by atoms with van der Waals surface area (Å²) in [7, 11) is 0. The average Bonchev–Trinajstić information content (AvgIpc) is 3.35. The Morgan fingerprint density at radius 2 is 1.68 bits per heavy atom. The van der Waals surface area contributed by atoms with E-state index in [0.717, 1.165) is 43.4 Å². The van der Waals surface area contributed by atoms with Crippen LogP contribution in [-0.2, 0) is 15.8 Å². The van der Waals surface area contributed by atoms with Gasteiger partial charge in [0.15, 0.2) is 5.82 Å². The first-order valence-electron chi connectivity index (χ1n) is 11.2. The SMILES string of the molecule is FC(F)(F)c1cnc(Nc2ccc(C3CCOCC3)cn2)nc1N1OCC[C@H]1c1ccccc1. The van der Waals surface area contributed by atoms with Crippen LogP contribution in [-0.4, -0.2) is 34.8 Å². The number of aromatic nitrogens is 3. The summed E-state index contributed by atoms with van der Waals surface area (Å²) in [5, 5.41) is 4.17. The Kier molecular flexibility index (Phi) is 6.34. The predicted octanol–water partition coefficient (Wildman–Crippen LogP) is 5.41. The van der Waals surface area contributed by atoms with Gasteiger partial charge in [-0.1, -0.05) is 36.4 Å². The molecule has 1 atom stereocenters. The number of alkyl halides is 3. The molecule has 0 saturated carbocycles. The fourth-order valence-corrected chi connectivity index (χ4v) is 4.32. The maximum Gasteiger partial charge on any atom is 0.421 e. The number of benzene rings is 1. The topological polar surface area (TPSA) is 72.4 Å². The highest BCUT2D eigenvalue weighted by Gasteiger charge is 2.40. The fourth-order valence-electron chi connectivity index (χ4n) is 4.32. The summed E-state index contributed by atoms with van der Waals surface area (Å²) in [5.74, 6) is 0.529. The van der Waals surface area contributed by atoms with Crippen LogP contribution < -0.4 is 10.4 Å². The van der Waals surface area contributed by atoms with E-state index in [4.69, 9.17) is 9.57 Å². The molecule has 0 spiro atoms. The van der Waals surface area contributed by atoms with Crippen molar-refractivity contribution in [2.75, 3.05) is 30.2 Å². The number of halogens is 3. The monoisotopic (exact) mass is 471 g/mol. The molecule has 178 valence electrons. The molecule has 0 radical (unpaired) electrons. The minimum Gasteiger partial charge on any atom is -0.381 e. The molecule has 3 aromatic rings. The summed E-state index contributed by atoms with van der Waals surface area (Å²) >= 11 is 0. The van der Waals surface area contributed by atoms with E-state index in [9.17, 15) is 13.2 Å². The number of nitrogens with one attached hydrogen (secondary N) is 1. The average molecular weight is 471 g/mol. The van der Waals surface area contributed by atoms with Crippen molar-refractivity contribution >= 4 is 17.6 Å². The van der Waals surface area contributed by atoms with Gasteiger partial charge in [-0.3, -0.25) is 4.84 Å². The van der Waals surface area contributed by atoms with Gasteiger partial charge in [0.05, 0.1) is 12.6 Å². The Morgan fingerprint density at radius 3 is 2.38 bits per heavy atom. The summed E-state index contributed by atoms with van der Waals surface area (Å²) in [5.41, 5.74) is 1.01. The molecular formula is C24H24F3N5O2. The minimum atomic E-state index is -4.63. The van der Waals surface area contributed by atoms with Crippen LogP contribution in [0.2, 0.25) is 0 Å². The van der Waals surface area contributed by atoms with Gasteiger partial charge in [-0.2, -0.15) is 18.2 Å². The Morgan fingerprint density at radius 1 is 0.882 bits per heavy atom. The molecule has 0 unspecified atom stereocenters. The lowest BCUT2D eigenvalue weighted by Gasteiger charge is -2.26. The summed E-state index contributed by atoms with van der Waals surface area (Å²) in [4.78, 5) is 18.1. The van der Waals surface area contributed by atoms with Crippen molar-refractivity contribution in [1.82, 2.24) is 15.0 Å². The summed E-state index contributed by atoms with van der Waals surface area (Å²) in [6, 6.07) is 12.6. The first kappa shape index (κ1) is 22.5. The van der Waals surface area contributed by atoms with Gasteiger partial charge in [-0.15, -0.1) is 0 Å². The molecule has 2 aliphatic rings. The summed E-state index contributed by atoms with van der Waals surface area (Å²) in [6.07, 6.45) is 0.355. The molecule has 2 aliphatic heterocycles. The normalized spacial score (nSPS) is 19.4. The van der Waals surface area contributed by atoms with Crippen molar-refractivity contribution in [3.63, 3.8) is 0 Å². The second-order valence-electron chi connectivity index (χ2n) is 8.29. The molecule has 2 aromatic heterocycles. The van der Waals surface area contributed by atoms with Crippen molar-refractivity contribution in [1.29, 1.82) is 0 Å². The quantitative estimate of drug-likeness (QED) is 0.533. The second-order valence-corrected chi connectivity index (χ2v) is 8.29. The van der Waals surface area contributed by atoms with Crippen LogP contribution >= 0.6 is 0 Å². The number of hydrogen-bond donors (Lipinski definition) is 1. The zero-order valence-electron chi connectivity index (χ0n) is 18.3. The van der Waals surface area contributed by atoms with E-state index in [1.165, 1.54) is 5.06 Å². The lowest BCUT2D eigenvalue weighted by molar-refractivity contribution is -0.138. The number of hydrogen-bond acceptors (Lipinski definition) is 7. The molecule has 0 amide bonds. The molecule has 34 heavy (non-hydrogen) atoms. The van der Waals surface area contributed by atoms with E-state index in [1.807, 2.05) is 36.4 Å². The maximum absolute atomic E-state index is 13.8. The van der Waals surface area contributed by atoms with Crippen molar-refractivity contribution in [2.24, 2.45) is 0 Å². The third-order valence-electron chi connectivity index (χ3n) is 6.09. The van der Waals surface area contributed by atoms with E-state index < -0.39 is 11.7 Å². The number of anilines is 3. The third kappa shape index (κ3) is 4.83. The van der Waals surface area contributed by atoms with Crippen molar-refractivity contribution in [3.05, 3.63) is 71.5 Å². The van der Waals surface area contributed by atoms with Crippen LogP contribution in [0.3, 0.4) is 0 Å². The number of pyridine rings is 1. The molecule has 1 aromatic carbocycles. The van der Waals surface area contributed by atoms with Gasteiger partial charge in [-0.25, -0.2) is 15.0 Å². The number of rotatable bonds is 5. The highest BCUT2D eigenvalue weighted by molar-refractivity contribution is 5.55. The Hall–Kier alpha value is -3.24. The van der Waals surface area contributed by atoms with E-state index in [1.54, 1.807) is 12.3 Å². The zero-order chi connectivity index (χ0) is 23.5. The van der Waals surface area contributed by atoms with Crippen LogP contribution in [0.15, 0.2) is 54.9 Å². The van der Waals surface area contributed by atoms with Crippen LogP contribution in [0.25, 0.3) is 0 Å². The number of ether oxygens (including phenoxy) is 1. The van der Waals surface area contributed by atoms with Crippen molar-refractivity contribution in [2.45, 2.75) is 37.4 Å². The van der Waals surface area contributed by atoms with Gasteiger partial charge in [0, 0.05) is 32.0 Å². The molecule has 10 heteroatoms. The van der Waals surface area contributed by atoms with Gasteiger partial charge >= 0.3 is 6.18 Å². The summed E-state index contributed by atoms with van der Waals surface area (Å²) < 4.78 is 46.8. The van der Waals surface area contributed by atoms with Gasteiger partial charge in [0.1, 0.15) is 11.4 Å². The predicted molar refractivity (Wildman–Crippen MR) is 120 cm³/mol. The molecule has 0 aliphatic carbocycles. The van der Waals surface area contributed by atoms with E-state index in [-0.39, 0.29) is 17.8 Å². The number of nitrogens with zero attached hydrogens (tertiary/aromatic N) is 4. The minimum absolute atomic E-state index is 0.0108. The van der Waals surface area contributed by atoms with E-state index in [0.29, 0.717) is 24.8 Å².